The number of hydrogen-bond acceptors (Lipinski definition) is 11. The van der Waals surface area contributed by atoms with Gasteiger partial charge >= 0.3 is 23.9 Å². The highest BCUT2D eigenvalue weighted by atomic mass is 32.1. The molecule has 2 aromatic carbocycles. The third kappa shape index (κ3) is 6.97. The molecule has 4 rings (SSSR count). The van der Waals surface area contributed by atoms with Gasteiger partial charge in [0.25, 0.3) is 0 Å². The van der Waals surface area contributed by atoms with E-state index in [9.17, 15) is 24.3 Å². The first-order valence-electron chi connectivity index (χ1n) is 12.6. The van der Waals surface area contributed by atoms with Gasteiger partial charge in [0.05, 0.1) is 0 Å². The zero-order valence-electron chi connectivity index (χ0n) is 22.4. The van der Waals surface area contributed by atoms with Crippen LogP contribution in [0.4, 0.5) is 0 Å². The normalized spacial score (nSPS) is 22.4. The summed E-state index contributed by atoms with van der Waals surface area (Å²) < 4.78 is 29.0. The van der Waals surface area contributed by atoms with Gasteiger partial charge in [-0.1, -0.05) is 24.3 Å². The fourth-order valence-electron chi connectivity index (χ4n) is 4.75. The van der Waals surface area contributed by atoms with Crippen molar-refractivity contribution in [3.63, 3.8) is 0 Å². The lowest BCUT2D eigenvalue weighted by Gasteiger charge is -2.44. The van der Waals surface area contributed by atoms with Gasteiger partial charge in [-0.3, -0.25) is 19.2 Å². The van der Waals surface area contributed by atoms with Crippen molar-refractivity contribution in [2.75, 3.05) is 6.61 Å². The second kappa shape index (κ2) is 12.5. The maximum atomic E-state index is 12.2. The molecule has 0 bridgehead atoms. The number of thiophene rings is 1. The van der Waals surface area contributed by atoms with Crippen LogP contribution in [0, 0.1) is 0 Å². The minimum absolute atomic E-state index is 0.152. The lowest BCUT2D eigenvalue weighted by Crippen LogP contribution is -2.59. The number of esters is 4. The van der Waals surface area contributed by atoms with E-state index in [2.05, 4.69) is 6.07 Å². The number of aromatic hydroxyl groups is 1. The minimum Gasteiger partial charge on any atom is -0.508 e. The van der Waals surface area contributed by atoms with E-state index < -0.39 is 54.4 Å². The van der Waals surface area contributed by atoms with Gasteiger partial charge in [-0.25, -0.2) is 0 Å². The van der Waals surface area contributed by atoms with Crippen LogP contribution in [0.25, 0.3) is 10.1 Å². The van der Waals surface area contributed by atoms with E-state index in [4.69, 9.17) is 23.7 Å². The van der Waals surface area contributed by atoms with Crippen LogP contribution in [-0.4, -0.2) is 60.0 Å². The third-order valence-electron chi connectivity index (χ3n) is 6.24. The van der Waals surface area contributed by atoms with Crippen LogP contribution < -0.4 is 0 Å². The molecule has 0 aliphatic carbocycles. The molecule has 11 heteroatoms. The Morgan fingerprint density at radius 2 is 1.48 bits per heavy atom. The summed E-state index contributed by atoms with van der Waals surface area (Å²) in [4.78, 5) is 48.9. The Morgan fingerprint density at radius 1 is 0.825 bits per heavy atom. The van der Waals surface area contributed by atoms with Crippen molar-refractivity contribution >= 4 is 45.3 Å². The molecule has 1 N–H and O–H groups in total. The van der Waals surface area contributed by atoms with Gasteiger partial charge in [0.2, 0.25) is 0 Å². The summed E-state index contributed by atoms with van der Waals surface area (Å²) in [5.74, 6) is -2.92. The highest BCUT2D eigenvalue weighted by Gasteiger charge is 2.53. The molecule has 3 unspecified atom stereocenters. The average molecular weight is 571 g/mol. The molecule has 0 radical (unpaired) electrons. The van der Waals surface area contributed by atoms with E-state index in [-0.39, 0.29) is 17.9 Å². The van der Waals surface area contributed by atoms with Crippen LogP contribution in [0.3, 0.4) is 0 Å². The number of ether oxygens (including phenoxy) is 5. The van der Waals surface area contributed by atoms with E-state index in [0.29, 0.717) is 6.42 Å². The van der Waals surface area contributed by atoms with Crippen molar-refractivity contribution in [1.82, 2.24) is 0 Å². The molecule has 0 amide bonds. The first-order chi connectivity index (χ1) is 19.0. The van der Waals surface area contributed by atoms with Gasteiger partial charge in [-0.15, -0.1) is 11.3 Å². The van der Waals surface area contributed by atoms with E-state index in [1.54, 1.807) is 23.5 Å². The summed E-state index contributed by atoms with van der Waals surface area (Å²) in [6, 6.07) is 15.1. The molecular formula is C29H30O10S. The Labute approximate surface area is 234 Å². The van der Waals surface area contributed by atoms with E-state index in [0.717, 1.165) is 34.4 Å². The number of benzene rings is 2. The number of phenolic OH excluding ortho intramolecular Hbond substituents is 1. The van der Waals surface area contributed by atoms with Crippen molar-refractivity contribution in [3.8, 4) is 5.75 Å². The predicted molar refractivity (Wildman–Crippen MR) is 144 cm³/mol. The standard InChI is InChI=1S/C29H30O10S/c1-15(30)35-14-24-27(36-16(2)31)29(38-18(4)33)28(37-17(3)32)26(39-24)22-12-19(9-10-23(22)34)11-21-13-20-7-5-6-8-25(20)40-21/h5-10,12-13,24,26-29,34H,11,14H2,1-4H3/t24-,26?,27-,28?,29?/m1/s1. The van der Waals surface area contributed by atoms with Crippen LogP contribution in [0.2, 0.25) is 0 Å². The van der Waals surface area contributed by atoms with Gasteiger partial charge in [0, 0.05) is 49.3 Å². The van der Waals surface area contributed by atoms with Gasteiger partial charge in [0.15, 0.2) is 18.3 Å². The SMILES string of the molecule is CC(=O)OC[C@H]1OC(c2cc(Cc3cc4ccccc4s3)ccc2O)C(OC(C)=O)C(OC(C)=O)[C@@H]1OC(C)=O. The summed E-state index contributed by atoms with van der Waals surface area (Å²) >= 11 is 1.65. The molecule has 0 saturated carbocycles. The van der Waals surface area contributed by atoms with E-state index in [1.807, 2.05) is 24.3 Å². The van der Waals surface area contributed by atoms with E-state index in [1.165, 1.54) is 19.9 Å². The van der Waals surface area contributed by atoms with Crippen LogP contribution in [0.15, 0.2) is 48.5 Å². The topological polar surface area (TPSA) is 135 Å². The number of rotatable bonds is 8. The minimum atomic E-state index is -1.32. The summed E-state index contributed by atoms with van der Waals surface area (Å²) in [5, 5.41) is 12.0. The molecule has 1 aliphatic heterocycles. The number of phenols is 1. The molecule has 2 heterocycles. The number of carbonyl (C=O) groups excluding carboxylic acids is 4. The molecule has 5 atom stereocenters. The summed E-state index contributed by atoms with van der Waals surface area (Å²) in [6.45, 7) is 4.34. The lowest BCUT2D eigenvalue weighted by molar-refractivity contribution is -0.254. The average Bonchev–Trinajstić information content (AvgIpc) is 3.28. The third-order valence-corrected chi connectivity index (χ3v) is 7.36. The highest BCUT2D eigenvalue weighted by Crippen LogP contribution is 2.41. The van der Waals surface area contributed by atoms with Crippen LogP contribution in [0.1, 0.15) is 49.8 Å². The van der Waals surface area contributed by atoms with Gasteiger partial charge in [0.1, 0.15) is 24.6 Å². The fraction of sp³-hybridized carbons (Fsp3) is 0.379. The van der Waals surface area contributed by atoms with Crippen LogP contribution >= 0.6 is 11.3 Å². The van der Waals surface area contributed by atoms with Gasteiger partial charge in [-0.2, -0.15) is 0 Å². The Kier molecular flexibility index (Phi) is 9.06. The smallest absolute Gasteiger partial charge is 0.303 e. The molecular weight excluding hydrogens is 540 g/mol. The second-order valence-electron chi connectivity index (χ2n) is 9.44. The number of carbonyl (C=O) groups is 4. The molecule has 1 aromatic heterocycles. The first-order valence-corrected chi connectivity index (χ1v) is 13.4. The Bertz CT molecular complexity index is 1380. The Balaban J connectivity index is 1.75. The zero-order valence-corrected chi connectivity index (χ0v) is 23.3. The van der Waals surface area contributed by atoms with Crippen LogP contribution in [-0.2, 0) is 49.3 Å². The maximum absolute atomic E-state index is 12.2. The van der Waals surface area contributed by atoms with Crippen LogP contribution in [0.5, 0.6) is 5.75 Å². The molecule has 212 valence electrons. The molecule has 1 fully saturated rings. The molecule has 10 nitrogen and oxygen atoms in total. The molecule has 3 aromatic rings. The lowest BCUT2D eigenvalue weighted by atomic mass is 9.89. The van der Waals surface area contributed by atoms with Crippen molar-refractivity contribution in [1.29, 1.82) is 0 Å². The Hall–Kier alpha value is -3.96. The Morgan fingerprint density at radius 3 is 2.12 bits per heavy atom. The van der Waals surface area contributed by atoms with Crippen molar-refractivity contribution in [2.45, 2.75) is 64.6 Å². The number of fused-ring (bicyclic) bond motifs is 1. The molecule has 40 heavy (non-hydrogen) atoms. The summed E-state index contributed by atoms with van der Waals surface area (Å²) in [6.07, 6.45) is -5.62. The number of hydrogen-bond donors (Lipinski definition) is 1. The van der Waals surface area contributed by atoms with Crippen molar-refractivity contribution in [3.05, 3.63) is 64.5 Å². The highest BCUT2D eigenvalue weighted by molar-refractivity contribution is 7.19. The monoisotopic (exact) mass is 570 g/mol. The molecule has 1 saturated heterocycles. The van der Waals surface area contributed by atoms with E-state index >= 15 is 0 Å². The van der Waals surface area contributed by atoms with Crippen molar-refractivity contribution in [2.24, 2.45) is 0 Å². The molecule has 0 spiro atoms. The fourth-order valence-corrected chi connectivity index (χ4v) is 5.84. The zero-order chi connectivity index (χ0) is 29.0. The second-order valence-corrected chi connectivity index (χ2v) is 10.6. The predicted octanol–water partition coefficient (Wildman–Crippen LogP) is 4.00. The molecule has 1 aliphatic rings. The van der Waals surface area contributed by atoms with Gasteiger partial charge in [-0.05, 0) is 35.2 Å². The quantitative estimate of drug-likeness (QED) is 0.313. The largest absolute Gasteiger partial charge is 0.508 e. The summed E-state index contributed by atoms with van der Waals surface area (Å²) in [5.41, 5.74) is 1.10. The van der Waals surface area contributed by atoms with Gasteiger partial charge < -0.3 is 28.8 Å². The van der Waals surface area contributed by atoms with Crippen molar-refractivity contribution < 1.29 is 48.0 Å². The summed E-state index contributed by atoms with van der Waals surface area (Å²) in [7, 11) is 0. The first kappa shape index (κ1) is 29.0. The maximum Gasteiger partial charge on any atom is 0.303 e.